The van der Waals surface area contributed by atoms with Crippen LogP contribution < -0.4 is 14.2 Å². The molecule has 0 radical (unpaired) electrons. The Balaban J connectivity index is 1.19. The average molecular weight is 574 g/mol. The zero-order chi connectivity index (χ0) is 29.4. The number of likely N-dealkylation sites (tertiary alicyclic amines) is 1. The van der Waals surface area contributed by atoms with Crippen molar-refractivity contribution in [1.82, 2.24) is 4.90 Å². The summed E-state index contributed by atoms with van der Waals surface area (Å²) in [5.41, 5.74) is 6.74. The molecule has 220 valence electrons. The van der Waals surface area contributed by atoms with Gasteiger partial charge in [0, 0.05) is 36.1 Å². The van der Waals surface area contributed by atoms with Gasteiger partial charge >= 0.3 is 5.97 Å². The van der Waals surface area contributed by atoms with E-state index in [1.807, 2.05) is 41.3 Å². The van der Waals surface area contributed by atoms with E-state index in [0.717, 1.165) is 52.1 Å². The first-order chi connectivity index (χ1) is 20.3. The molecule has 1 fully saturated rings. The lowest BCUT2D eigenvalue weighted by molar-refractivity contribution is -0.141. The molecule has 1 saturated heterocycles. The molecule has 1 amide bonds. The second-order valence-electron chi connectivity index (χ2n) is 11.4. The third-order valence-corrected chi connectivity index (χ3v) is 8.64. The highest BCUT2D eigenvalue weighted by atomic mass is 19.1. The fraction of sp³-hybridized carbons (Fsp3) is 0.412. The predicted molar refractivity (Wildman–Crippen MR) is 156 cm³/mol. The number of hydrogen-bond donors (Lipinski definition) is 0. The first-order valence-corrected chi connectivity index (χ1v) is 14.7. The molecule has 3 aromatic rings. The molecule has 2 heterocycles. The van der Waals surface area contributed by atoms with Crippen LogP contribution in [0.25, 0.3) is 11.1 Å². The number of aryl methyl sites for hydroxylation is 2. The molecule has 0 bridgehead atoms. The number of rotatable bonds is 9. The minimum Gasteiger partial charge on any atom is -0.492 e. The van der Waals surface area contributed by atoms with Gasteiger partial charge in [-0.1, -0.05) is 12.1 Å². The number of methoxy groups -OCH3 is 1. The fourth-order valence-electron chi connectivity index (χ4n) is 6.62. The maximum Gasteiger partial charge on any atom is 0.306 e. The zero-order valence-electron chi connectivity index (χ0n) is 24.3. The summed E-state index contributed by atoms with van der Waals surface area (Å²) in [4.78, 5) is 25.5. The summed E-state index contributed by atoms with van der Waals surface area (Å²) in [5.74, 6) is 1.68. The lowest BCUT2D eigenvalue weighted by atomic mass is 9.90. The summed E-state index contributed by atoms with van der Waals surface area (Å²) < 4.78 is 38.3. The number of halogens is 1. The summed E-state index contributed by atoms with van der Waals surface area (Å²) in [5, 5.41) is 0. The van der Waals surface area contributed by atoms with Gasteiger partial charge in [-0.25, -0.2) is 4.39 Å². The number of benzene rings is 3. The van der Waals surface area contributed by atoms with Gasteiger partial charge in [-0.3, -0.25) is 9.59 Å². The van der Waals surface area contributed by atoms with E-state index in [2.05, 4.69) is 13.8 Å². The van der Waals surface area contributed by atoms with Crippen molar-refractivity contribution >= 4 is 11.9 Å². The minimum absolute atomic E-state index is 0.0498. The smallest absolute Gasteiger partial charge is 0.306 e. The van der Waals surface area contributed by atoms with Gasteiger partial charge in [0.2, 0.25) is 5.91 Å². The van der Waals surface area contributed by atoms with Gasteiger partial charge in [0.25, 0.3) is 0 Å². The van der Waals surface area contributed by atoms with Crippen LogP contribution in [0.3, 0.4) is 0 Å². The van der Waals surface area contributed by atoms with E-state index in [1.54, 1.807) is 0 Å². The Kier molecular flexibility index (Phi) is 7.80. The van der Waals surface area contributed by atoms with Crippen LogP contribution in [0, 0.1) is 19.7 Å². The molecule has 3 aliphatic rings. The Labute approximate surface area is 245 Å². The number of carbonyl (C=O) groups is 2. The van der Waals surface area contributed by atoms with E-state index in [4.69, 9.17) is 18.9 Å². The monoisotopic (exact) mass is 573 g/mol. The number of hydrogen-bond acceptors (Lipinski definition) is 6. The van der Waals surface area contributed by atoms with Crippen LogP contribution in [-0.4, -0.2) is 50.2 Å². The Bertz CT molecular complexity index is 1510. The summed E-state index contributed by atoms with van der Waals surface area (Å²) in [6, 6.07) is 13.1. The van der Waals surface area contributed by atoms with Gasteiger partial charge in [-0.05, 0) is 85.2 Å². The highest BCUT2D eigenvalue weighted by Crippen LogP contribution is 2.45. The topological polar surface area (TPSA) is 74.3 Å². The minimum atomic E-state index is -0.415. The van der Waals surface area contributed by atoms with Crippen molar-refractivity contribution in [3.8, 4) is 28.4 Å². The number of carbonyl (C=O) groups excluding carboxylic acids is 2. The highest BCUT2D eigenvalue weighted by Gasteiger charge is 2.32. The largest absolute Gasteiger partial charge is 0.492 e. The quantitative estimate of drug-likeness (QED) is 0.283. The maximum absolute atomic E-state index is 15.3. The molecular formula is C34H36FNO6. The second kappa shape index (κ2) is 11.7. The number of ether oxygens (including phenoxy) is 4. The third-order valence-electron chi connectivity index (χ3n) is 8.64. The first kappa shape index (κ1) is 28.1. The average Bonchev–Trinajstić information content (AvgIpc) is 3.69. The maximum atomic E-state index is 15.3. The molecule has 0 N–H and O–H groups in total. The van der Waals surface area contributed by atoms with Crippen molar-refractivity contribution in [3.63, 3.8) is 0 Å². The van der Waals surface area contributed by atoms with E-state index >= 15 is 4.39 Å². The van der Waals surface area contributed by atoms with Gasteiger partial charge in [-0.15, -0.1) is 0 Å². The number of fused-ring (bicyclic) bond motifs is 2. The fourth-order valence-corrected chi connectivity index (χ4v) is 6.62. The van der Waals surface area contributed by atoms with E-state index in [0.29, 0.717) is 56.1 Å². The highest BCUT2D eigenvalue weighted by molar-refractivity contribution is 5.78. The molecule has 1 unspecified atom stereocenters. The molecule has 1 aliphatic carbocycles. The van der Waals surface area contributed by atoms with E-state index in [9.17, 15) is 9.59 Å². The molecule has 7 nitrogen and oxygen atoms in total. The molecule has 0 saturated carbocycles. The SMILES string of the molecule is COC(=O)CC1COc2cc(O[C@@H]3CCc4c(-c5c(C)cc(OCCN6CCCC6=O)cc5C)ccc(F)c43)ccc21. The predicted octanol–water partition coefficient (Wildman–Crippen LogP) is 6.22. The lowest BCUT2D eigenvalue weighted by Gasteiger charge is -2.20. The normalized spacial score (nSPS) is 19.0. The van der Waals surface area contributed by atoms with Gasteiger partial charge < -0.3 is 23.8 Å². The zero-order valence-corrected chi connectivity index (χ0v) is 24.3. The van der Waals surface area contributed by atoms with Crippen LogP contribution in [0.1, 0.15) is 65.5 Å². The molecule has 8 heteroatoms. The Morgan fingerprint density at radius 3 is 2.62 bits per heavy atom. The molecule has 3 aromatic carbocycles. The van der Waals surface area contributed by atoms with Crippen LogP contribution >= 0.6 is 0 Å². The standard InChI is InChI=1S/C34H36FNO6/c1-20-15-24(40-14-13-36-12-4-5-31(36)37)16-21(2)33(20)26-8-10-28(35)34-27(26)9-11-29(34)42-23-6-7-25-22(17-32(38)39-3)19-41-30(25)18-23/h6-8,10,15-16,18,22,29H,4-5,9,11-14,17,19H2,1-3H3/t22?,29-/m1/s1. The third kappa shape index (κ3) is 5.42. The van der Waals surface area contributed by atoms with Crippen LogP contribution in [0.15, 0.2) is 42.5 Å². The Morgan fingerprint density at radius 1 is 1.07 bits per heavy atom. The van der Waals surface area contributed by atoms with Gasteiger partial charge in [0.05, 0.1) is 26.7 Å². The van der Waals surface area contributed by atoms with Crippen molar-refractivity contribution in [2.45, 2.75) is 58.0 Å². The van der Waals surface area contributed by atoms with E-state index in [-0.39, 0.29) is 30.0 Å². The van der Waals surface area contributed by atoms with Crippen molar-refractivity contribution in [2.24, 2.45) is 0 Å². The van der Waals surface area contributed by atoms with Crippen LogP contribution in [0.4, 0.5) is 4.39 Å². The van der Waals surface area contributed by atoms with Gasteiger partial charge in [0.1, 0.15) is 35.8 Å². The van der Waals surface area contributed by atoms with Crippen molar-refractivity contribution in [3.05, 3.63) is 76.1 Å². The summed E-state index contributed by atoms with van der Waals surface area (Å²) >= 11 is 0. The summed E-state index contributed by atoms with van der Waals surface area (Å²) in [6.45, 7) is 6.37. The number of amides is 1. The van der Waals surface area contributed by atoms with E-state index < -0.39 is 6.10 Å². The van der Waals surface area contributed by atoms with Crippen LogP contribution in [0.2, 0.25) is 0 Å². The van der Waals surface area contributed by atoms with Crippen LogP contribution in [-0.2, 0) is 20.7 Å². The van der Waals surface area contributed by atoms with Crippen molar-refractivity contribution < 1.29 is 32.9 Å². The van der Waals surface area contributed by atoms with Crippen LogP contribution in [0.5, 0.6) is 17.2 Å². The van der Waals surface area contributed by atoms with Gasteiger partial charge in [0.15, 0.2) is 0 Å². The van der Waals surface area contributed by atoms with Crippen molar-refractivity contribution in [2.75, 3.05) is 33.4 Å². The number of esters is 1. The van der Waals surface area contributed by atoms with Gasteiger partial charge in [-0.2, -0.15) is 0 Å². The molecule has 2 aliphatic heterocycles. The molecule has 42 heavy (non-hydrogen) atoms. The molecule has 2 atom stereocenters. The first-order valence-electron chi connectivity index (χ1n) is 14.7. The number of nitrogens with zero attached hydrogens (tertiary/aromatic N) is 1. The second-order valence-corrected chi connectivity index (χ2v) is 11.4. The molecule has 6 rings (SSSR count). The summed E-state index contributed by atoms with van der Waals surface area (Å²) in [6.07, 6.45) is 2.76. The Morgan fingerprint density at radius 2 is 1.88 bits per heavy atom. The van der Waals surface area contributed by atoms with E-state index in [1.165, 1.54) is 13.2 Å². The Hall–Kier alpha value is -4.07. The summed E-state index contributed by atoms with van der Waals surface area (Å²) in [7, 11) is 1.38. The van der Waals surface area contributed by atoms with Crippen molar-refractivity contribution in [1.29, 1.82) is 0 Å². The molecule has 0 aromatic heterocycles. The molecule has 0 spiro atoms. The molecular weight excluding hydrogens is 537 g/mol. The lowest BCUT2D eigenvalue weighted by Crippen LogP contribution is -2.29.